The number of piperazine rings is 1. The molecule has 1 aromatic rings. The van der Waals surface area contributed by atoms with Gasteiger partial charge in [-0.25, -0.2) is 4.79 Å². The predicted molar refractivity (Wildman–Crippen MR) is 132 cm³/mol. The summed E-state index contributed by atoms with van der Waals surface area (Å²) >= 11 is 0. The molecule has 1 aliphatic carbocycles. The number of terminal acetylenes is 1. The van der Waals surface area contributed by atoms with E-state index in [4.69, 9.17) is 4.74 Å². The number of hydrogen-bond donors (Lipinski definition) is 2. The molecule has 0 spiro atoms. The van der Waals surface area contributed by atoms with Crippen LogP contribution in [0.15, 0.2) is 30.3 Å². The Bertz CT molecular complexity index is 861. The zero-order valence-corrected chi connectivity index (χ0v) is 20.4. The van der Waals surface area contributed by atoms with Gasteiger partial charge in [-0.1, -0.05) is 30.3 Å². The van der Waals surface area contributed by atoms with Crippen LogP contribution >= 0.6 is 0 Å². The summed E-state index contributed by atoms with van der Waals surface area (Å²) in [6.45, 7) is 4.07. The van der Waals surface area contributed by atoms with Gasteiger partial charge in [-0.05, 0) is 37.7 Å². The number of alkyl carbamates (subject to hydrolysis) is 1. The summed E-state index contributed by atoms with van der Waals surface area (Å²) in [5.41, 5.74) is 0.863. The summed E-state index contributed by atoms with van der Waals surface area (Å²) in [7, 11) is 0. The number of unbranched alkanes of at least 4 members (excludes halogenated alkanes) is 1. The smallest absolute Gasteiger partial charge is 0.408 e. The van der Waals surface area contributed by atoms with E-state index in [1.807, 2.05) is 35.2 Å². The average Bonchev–Trinajstić information content (AvgIpc) is 3.73. The lowest BCUT2D eigenvalue weighted by Crippen LogP contribution is -2.56. The largest absolute Gasteiger partial charge is 0.445 e. The summed E-state index contributed by atoms with van der Waals surface area (Å²) < 4.78 is 5.31. The first-order chi connectivity index (χ1) is 16.9. The molecule has 1 heterocycles. The lowest BCUT2D eigenvalue weighted by Gasteiger charge is -2.36. The van der Waals surface area contributed by atoms with Gasteiger partial charge in [0.2, 0.25) is 17.7 Å². The molecule has 0 radical (unpaired) electrons. The average molecular weight is 485 g/mol. The molecule has 190 valence electrons. The van der Waals surface area contributed by atoms with E-state index in [9.17, 15) is 19.2 Å². The van der Waals surface area contributed by atoms with Gasteiger partial charge in [0, 0.05) is 45.6 Å². The van der Waals surface area contributed by atoms with Gasteiger partial charge in [0.25, 0.3) is 0 Å². The monoisotopic (exact) mass is 484 g/mol. The Morgan fingerprint density at radius 3 is 2.23 bits per heavy atom. The molecule has 0 bridgehead atoms. The topological polar surface area (TPSA) is 108 Å². The Morgan fingerprint density at radius 1 is 1.00 bits per heavy atom. The van der Waals surface area contributed by atoms with Crippen molar-refractivity contribution >= 4 is 23.8 Å². The molecule has 1 saturated heterocycles. The second-order valence-electron chi connectivity index (χ2n) is 8.66. The second kappa shape index (κ2) is 14.7. The summed E-state index contributed by atoms with van der Waals surface area (Å²) in [5, 5.41) is 5.46. The Morgan fingerprint density at radius 2 is 1.63 bits per heavy atom. The van der Waals surface area contributed by atoms with Crippen LogP contribution in [0.2, 0.25) is 0 Å². The van der Waals surface area contributed by atoms with E-state index < -0.39 is 12.1 Å². The molecule has 35 heavy (non-hydrogen) atoms. The molecular weight excluding hydrogens is 448 g/mol. The molecule has 4 amide bonds. The molecule has 1 aliphatic heterocycles. The first-order valence-corrected chi connectivity index (χ1v) is 12.1. The van der Waals surface area contributed by atoms with E-state index in [0.717, 1.165) is 18.4 Å². The number of carbonyl (C=O) groups is 4. The van der Waals surface area contributed by atoms with Crippen LogP contribution in [0.3, 0.4) is 0 Å². The molecule has 9 heteroatoms. The highest BCUT2D eigenvalue weighted by molar-refractivity contribution is 5.86. The third-order valence-electron chi connectivity index (χ3n) is 5.93. The fourth-order valence-corrected chi connectivity index (χ4v) is 3.86. The van der Waals surface area contributed by atoms with Crippen molar-refractivity contribution in [1.82, 2.24) is 20.4 Å². The van der Waals surface area contributed by atoms with E-state index in [2.05, 4.69) is 23.5 Å². The maximum absolute atomic E-state index is 13.2. The summed E-state index contributed by atoms with van der Waals surface area (Å²) in [5.74, 6) is 0.109. The first kappa shape index (κ1) is 27.7. The minimum Gasteiger partial charge on any atom is -0.445 e. The second-order valence-corrected chi connectivity index (χ2v) is 8.66. The molecular formula is C26H36N4O5. The summed E-state index contributed by atoms with van der Waals surface area (Å²) in [6, 6.07) is 8.63. The number of ether oxygens (including phenoxy) is 1. The highest BCUT2D eigenvalue weighted by Crippen LogP contribution is 2.31. The number of nitrogens with zero attached hydrogens (tertiary/aromatic N) is 2. The van der Waals surface area contributed by atoms with Crippen molar-refractivity contribution in [2.75, 3.05) is 32.7 Å². The lowest BCUT2D eigenvalue weighted by molar-refractivity contribution is -0.141. The lowest BCUT2D eigenvalue weighted by atomic mass is 10.1. The van der Waals surface area contributed by atoms with Gasteiger partial charge in [-0.2, -0.15) is 0 Å². The minimum absolute atomic E-state index is 0.0937. The van der Waals surface area contributed by atoms with E-state index >= 15 is 0 Å². The van der Waals surface area contributed by atoms with Crippen LogP contribution in [0, 0.1) is 18.8 Å². The van der Waals surface area contributed by atoms with Crippen molar-refractivity contribution in [3.05, 3.63) is 35.9 Å². The fourth-order valence-electron chi connectivity index (χ4n) is 3.86. The summed E-state index contributed by atoms with van der Waals surface area (Å²) in [6.07, 6.45) is 11.1. The number of rotatable bonds is 10. The molecule has 3 rings (SSSR count). The molecule has 1 atom stereocenters. The molecule has 0 unspecified atom stereocenters. The van der Waals surface area contributed by atoms with Crippen LogP contribution in [-0.2, 0) is 25.7 Å². The molecule has 9 nitrogen and oxygen atoms in total. The van der Waals surface area contributed by atoms with Crippen LogP contribution in [0.1, 0.15) is 44.6 Å². The van der Waals surface area contributed by atoms with Crippen LogP contribution in [0.5, 0.6) is 0 Å². The van der Waals surface area contributed by atoms with E-state index in [1.54, 1.807) is 4.90 Å². The quantitative estimate of drug-likeness (QED) is 0.390. The third kappa shape index (κ3) is 9.69. The molecule has 0 aromatic heterocycles. The maximum atomic E-state index is 13.2. The molecule has 2 aliphatic rings. The zero-order valence-electron chi connectivity index (χ0n) is 20.4. The number of nitrogens with one attached hydrogen (secondary N) is 2. The number of carbonyl (C=O) groups excluding carboxylic acids is 4. The zero-order chi connectivity index (χ0) is 25.6. The Balaban J connectivity index is 0.00000210. The van der Waals surface area contributed by atoms with Crippen LogP contribution in [0.25, 0.3) is 0 Å². The minimum atomic E-state index is -0.712. The molecule has 2 N–H and O–H groups in total. The van der Waals surface area contributed by atoms with Crippen LogP contribution in [-0.4, -0.2) is 72.4 Å². The molecule has 2 fully saturated rings. The van der Waals surface area contributed by atoms with Crippen LogP contribution in [0.4, 0.5) is 4.79 Å². The van der Waals surface area contributed by atoms with E-state index in [-0.39, 0.29) is 30.2 Å². The standard InChI is InChI=1S/C24H34N4O5.C2H2/c1-18(29)25-12-6-5-9-21(26-24(32)33-17-19-7-3-2-4-8-19)23(31)28-15-13-27(14-16-28)22(30)20-10-11-20;1-2/h2-4,7-8,20-21H,5-6,9-17H2,1H3,(H,25,29)(H,26,32);1-2H/t21-;/m0./s1. The number of hydrogen-bond acceptors (Lipinski definition) is 5. The van der Waals surface area contributed by atoms with E-state index in [0.29, 0.717) is 52.0 Å². The maximum Gasteiger partial charge on any atom is 0.408 e. The first-order valence-electron chi connectivity index (χ1n) is 12.1. The van der Waals surface area contributed by atoms with Crippen molar-refractivity contribution in [2.45, 2.75) is 51.7 Å². The van der Waals surface area contributed by atoms with Gasteiger partial charge in [0.15, 0.2) is 0 Å². The van der Waals surface area contributed by atoms with Gasteiger partial charge < -0.3 is 25.2 Å². The third-order valence-corrected chi connectivity index (χ3v) is 5.93. The molecule has 1 aromatic carbocycles. The Kier molecular flexibility index (Phi) is 11.6. The van der Waals surface area contributed by atoms with Crippen molar-refractivity contribution < 1.29 is 23.9 Å². The predicted octanol–water partition coefficient (Wildman–Crippen LogP) is 1.92. The SMILES string of the molecule is C#C.CC(=O)NCCCC[C@H](NC(=O)OCc1ccccc1)C(=O)N1CCN(C(=O)C2CC2)CC1. The van der Waals surface area contributed by atoms with Crippen LogP contribution < -0.4 is 10.6 Å². The normalized spacial score (nSPS) is 15.7. The highest BCUT2D eigenvalue weighted by Gasteiger charge is 2.36. The van der Waals surface area contributed by atoms with Gasteiger partial charge in [0.1, 0.15) is 12.6 Å². The van der Waals surface area contributed by atoms with Crippen molar-refractivity contribution in [2.24, 2.45) is 5.92 Å². The Labute approximate surface area is 207 Å². The van der Waals surface area contributed by atoms with Crippen molar-refractivity contribution in [3.8, 4) is 12.8 Å². The van der Waals surface area contributed by atoms with Crippen molar-refractivity contribution in [1.29, 1.82) is 0 Å². The Hall–Kier alpha value is -3.54. The van der Waals surface area contributed by atoms with Crippen molar-refractivity contribution in [3.63, 3.8) is 0 Å². The van der Waals surface area contributed by atoms with Gasteiger partial charge in [0.05, 0.1) is 0 Å². The highest BCUT2D eigenvalue weighted by atomic mass is 16.5. The number of amides is 4. The number of benzene rings is 1. The fraction of sp³-hybridized carbons (Fsp3) is 0.538. The molecule has 1 saturated carbocycles. The van der Waals surface area contributed by atoms with Gasteiger partial charge >= 0.3 is 6.09 Å². The van der Waals surface area contributed by atoms with E-state index in [1.165, 1.54) is 6.92 Å². The summed E-state index contributed by atoms with van der Waals surface area (Å²) in [4.78, 5) is 52.5. The van der Waals surface area contributed by atoms with Gasteiger partial charge in [-0.3, -0.25) is 14.4 Å². The van der Waals surface area contributed by atoms with Gasteiger partial charge in [-0.15, -0.1) is 12.8 Å².